The maximum Gasteiger partial charge on any atom is 0.200 e. The molecule has 0 fully saturated rings. The first-order valence-corrected chi connectivity index (χ1v) is 6.62. The van der Waals surface area contributed by atoms with Crippen molar-refractivity contribution in [3.05, 3.63) is 59.7 Å². The molecule has 0 bridgehead atoms. The number of ether oxygens (including phenoxy) is 2. The van der Waals surface area contributed by atoms with E-state index in [0.717, 1.165) is 23.5 Å². The molecular formula is C17H18O3. The predicted molar refractivity (Wildman–Crippen MR) is 78.6 cm³/mol. The van der Waals surface area contributed by atoms with Crippen molar-refractivity contribution in [3.63, 3.8) is 0 Å². The van der Waals surface area contributed by atoms with Crippen LogP contribution in [0, 0.1) is 0 Å². The van der Waals surface area contributed by atoms with Gasteiger partial charge in [-0.15, -0.1) is 0 Å². The molecule has 0 saturated carbocycles. The molecule has 2 rings (SSSR count). The van der Waals surface area contributed by atoms with Gasteiger partial charge in [-0.2, -0.15) is 0 Å². The van der Waals surface area contributed by atoms with Gasteiger partial charge in [0.05, 0.1) is 7.11 Å². The smallest absolute Gasteiger partial charge is 0.200 e. The van der Waals surface area contributed by atoms with E-state index in [2.05, 4.69) is 6.92 Å². The van der Waals surface area contributed by atoms with E-state index >= 15 is 0 Å². The van der Waals surface area contributed by atoms with Crippen molar-refractivity contribution in [3.8, 4) is 11.5 Å². The fourth-order valence-electron chi connectivity index (χ4n) is 1.94. The molecular weight excluding hydrogens is 252 g/mol. The van der Waals surface area contributed by atoms with E-state index in [1.54, 1.807) is 31.4 Å². The Hall–Kier alpha value is -2.29. The van der Waals surface area contributed by atoms with Crippen molar-refractivity contribution in [1.29, 1.82) is 0 Å². The molecule has 20 heavy (non-hydrogen) atoms. The van der Waals surface area contributed by atoms with E-state index in [4.69, 9.17) is 9.47 Å². The van der Waals surface area contributed by atoms with Crippen molar-refractivity contribution in [2.24, 2.45) is 0 Å². The Kier molecular flexibility index (Phi) is 4.77. The zero-order valence-electron chi connectivity index (χ0n) is 11.8. The van der Waals surface area contributed by atoms with E-state index in [9.17, 15) is 4.79 Å². The summed E-state index contributed by atoms with van der Waals surface area (Å²) >= 11 is 0. The van der Waals surface area contributed by atoms with Crippen molar-refractivity contribution < 1.29 is 14.3 Å². The van der Waals surface area contributed by atoms with Gasteiger partial charge >= 0.3 is 0 Å². The Balaban J connectivity index is 2.01. The number of Topliss-reactive ketones (excluding diaryl/α,β-unsaturated/α-hetero) is 1. The normalized spacial score (nSPS) is 10.1. The van der Waals surface area contributed by atoms with Crippen LogP contribution in [0.1, 0.15) is 22.8 Å². The van der Waals surface area contributed by atoms with Crippen LogP contribution in [0.15, 0.2) is 48.5 Å². The first-order chi connectivity index (χ1) is 9.74. The lowest BCUT2D eigenvalue weighted by Gasteiger charge is -2.09. The molecule has 0 radical (unpaired) electrons. The molecule has 3 nitrogen and oxygen atoms in total. The fourth-order valence-corrected chi connectivity index (χ4v) is 1.94. The highest BCUT2D eigenvalue weighted by Gasteiger charge is 2.08. The minimum atomic E-state index is -0.0430. The summed E-state index contributed by atoms with van der Waals surface area (Å²) in [6.07, 6.45) is 0.882. The first-order valence-electron chi connectivity index (χ1n) is 6.62. The van der Waals surface area contributed by atoms with Gasteiger partial charge in [0.2, 0.25) is 0 Å². The molecule has 0 aromatic heterocycles. The van der Waals surface area contributed by atoms with Crippen molar-refractivity contribution in [2.45, 2.75) is 13.3 Å². The summed E-state index contributed by atoms with van der Waals surface area (Å²) in [7, 11) is 1.60. The van der Waals surface area contributed by atoms with Gasteiger partial charge in [0.1, 0.15) is 11.5 Å². The topological polar surface area (TPSA) is 35.5 Å². The molecule has 3 heteroatoms. The molecule has 0 heterocycles. The summed E-state index contributed by atoms with van der Waals surface area (Å²) in [5, 5.41) is 0. The van der Waals surface area contributed by atoms with Crippen LogP contribution in [0.4, 0.5) is 0 Å². The molecule has 0 amide bonds. The van der Waals surface area contributed by atoms with Gasteiger partial charge in [-0.3, -0.25) is 4.79 Å². The van der Waals surface area contributed by atoms with Gasteiger partial charge in [-0.05, 0) is 42.3 Å². The van der Waals surface area contributed by atoms with E-state index in [-0.39, 0.29) is 12.4 Å². The van der Waals surface area contributed by atoms with Gasteiger partial charge in [0, 0.05) is 5.56 Å². The number of para-hydroxylation sites is 1. The highest BCUT2D eigenvalue weighted by atomic mass is 16.5. The van der Waals surface area contributed by atoms with Crippen molar-refractivity contribution >= 4 is 5.78 Å². The largest absolute Gasteiger partial charge is 0.497 e. The molecule has 0 N–H and O–H groups in total. The monoisotopic (exact) mass is 270 g/mol. The maximum absolute atomic E-state index is 12.1. The number of hydrogen-bond acceptors (Lipinski definition) is 3. The Bertz CT molecular complexity index is 573. The number of carbonyl (C=O) groups is 1. The number of rotatable bonds is 6. The molecule has 104 valence electrons. The SMILES string of the molecule is CCc1ccccc1OCC(=O)c1ccc(OC)cc1. The third-order valence-corrected chi connectivity index (χ3v) is 3.12. The summed E-state index contributed by atoms with van der Waals surface area (Å²) in [6.45, 7) is 2.11. The molecule has 0 unspecified atom stereocenters. The summed E-state index contributed by atoms with van der Waals surface area (Å²) in [4.78, 5) is 12.1. The van der Waals surface area contributed by atoms with Gasteiger partial charge in [-0.1, -0.05) is 25.1 Å². The lowest BCUT2D eigenvalue weighted by Crippen LogP contribution is -2.12. The van der Waals surface area contributed by atoms with Crippen molar-refractivity contribution in [1.82, 2.24) is 0 Å². The highest BCUT2D eigenvalue weighted by molar-refractivity contribution is 5.97. The van der Waals surface area contributed by atoms with Crippen molar-refractivity contribution in [2.75, 3.05) is 13.7 Å². The molecule has 0 aliphatic carbocycles. The second-order valence-corrected chi connectivity index (χ2v) is 4.40. The number of ketones is 1. The zero-order valence-corrected chi connectivity index (χ0v) is 11.8. The average molecular weight is 270 g/mol. The van der Waals surface area contributed by atoms with E-state index in [1.165, 1.54) is 0 Å². The first kappa shape index (κ1) is 14.1. The van der Waals surface area contributed by atoms with Crippen LogP contribution in [0.25, 0.3) is 0 Å². The number of hydrogen-bond donors (Lipinski definition) is 0. The van der Waals surface area contributed by atoms with Crippen LogP contribution in [-0.2, 0) is 6.42 Å². The van der Waals surface area contributed by atoms with E-state index in [1.807, 2.05) is 24.3 Å². The second-order valence-electron chi connectivity index (χ2n) is 4.40. The highest BCUT2D eigenvalue weighted by Crippen LogP contribution is 2.19. The minimum absolute atomic E-state index is 0.0430. The summed E-state index contributed by atoms with van der Waals surface area (Å²) in [5.41, 5.74) is 1.73. The molecule has 0 saturated heterocycles. The third-order valence-electron chi connectivity index (χ3n) is 3.12. The molecule has 0 atom stereocenters. The standard InChI is InChI=1S/C17H18O3/c1-3-13-6-4-5-7-17(13)20-12-16(18)14-8-10-15(19-2)11-9-14/h4-11H,3,12H2,1-2H3. The lowest BCUT2D eigenvalue weighted by molar-refractivity contribution is 0.0921. The summed E-state index contributed by atoms with van der Waals surface area (Å²) in [6, 6.07) is 14.8. The minimum Gasteiger partial charge on any atom is -0.497 e. The molecule has 0 aliphatic rings. The van der Waals surface area contributed by atoms with Crippen LogP contribution in [0.5, 0.6) is 11.5 Å². The third kappa shape index (κ3) is 3.38. The van der Waals surface area contributed by atoms with Gasteiger partial charge in [0.15, 0.2) is 12.4 Å². The Morgan fingerprint density at radius 1 is 1.05 bits per heavy atom. The Morgan fingerprint density at radius 3 is 2.40 bits per heavy atom. The van der Waals surface area contributed by atoms with E-state index in [0.29, 0.717) is 5.56 Å². The Morgan fingerprint density at radius 2 is 1.75 bits per heavy atom. The fraction of sp³-hybridized carbons (Fsp3) is 0.235. The van der Waals surface area contributed by atoms with Gasteiger partial charge < -0.3 is 9.47 Å². The van der Waals surface area contributed by atoms with Crippen LogP contribution in [0.2, 0.25) is 0 Å². The quantitative estimate of drug-likeness (QED) is 0.753. The Labute approximate surface area is 119 Å². The van der Waals surface area contributed by atoms with Gasteiger partial charge in [0.25, 0.3) is 0 Å². The van der Waals surface area contributed by atoms with Crippen LogP contribution < -0.4 is 9.47 Å². The number of benzene rings is 2. The van der Waals surface area contributed by atoms with Crippen LogP contribution >= 0.6 is 0 Å². The second kappa shape index (κ2) is 6.75. The molecule has 0 spiro atoms. The number of aryl methyl sites for hydroxylation is 1. The summed E-state index contributed by atoms with van der Waals surface area (Å²) < 4.78 is 10.7. The average Bonchev–Trinajstić information content (AvgIpc) is 2.53. The molecule has 0 aliphatic heterocycles. The number of methoxy groups -OCH3 is 1. The predicted octanol–water partition coefficient (Wildman–Crippen LogP) is 3.52. The molecule has 2 aromatic carbocycles. The van der Waals surface area contributed by atoms with E-state index < -0.39 is 0 Å². The lowest BCUT2D eigenvalue weighted by atomic mass is 10.1. The maximum atomic E-state index is 12.1. The van der Waals surface area contributed by atoms with Crippen LogP contribution in [0.3, 0.4) is 0 Å². The summed E-state index contributed by atoms with van der Waals surface area (Å²) in [5.74, 6) is 1.47. The van der Waals surface area contributed by atoms with Crippen LogP contribution in [-0.4, -0.2) is 19.5 Å². The molecule has 2 aromatic rings. The zero-order chi connectivity index (χ0) is 14.4. The van der Waals surface area contributed by atoms with Gasteiger partial charge in [-0.25, -0.2) is 0 Å². The number of carbonyl (C=O) groups excluding carboxylic acids is 1.